The van der Waals surface area contributed by atoms with Gasteiger partial charge < -0.3 is 9.84 Å². The fourth-order valence-electron chi connectivity index (χ4n) is 2.31. The van der Waals surface area contributed by atoms with Gasteiger partial charge in [0.25, 0.3) is 5.91 Å². The lowest BCUT2D eigenvalue weighted by Gasteiger charge is -2.10. The minimum Gasteiger partial charge on any atom is -0.361 e. The molecule has 0 unspecified atom stereocenters. The highest BCUT2D eigenvalue weighted by atomic mass is 35.5. The molecule has 2 aromatic heterocycles. The van der Waals surface area contributed by atoms with E-state index in [1.165, 1.54) is 23.9 Å². The summed E-state index contributed by atoms with van der Waals surface area (Å²) in [5.41, 5.74) is 2.54. The highest BCUT2D eigenvalue weighted by Crippen LogP contribution is 2.28. The predicted molar refractivity (Wildman–Crippen MR) is 99.1 cm³/mol. The van der Waals surface area contributed by atoms with Gasteiger partial charge in [0, 0.05) is 17.5 Å². The van der Waals surface area contributed by atoms with Gasteiger partial charge in [0.2, 0.25) is 0 Å². The number of nitrogens with zero attached hydrogens (tertiary/aromatic N) is 2. The van der Waals surface area contributed by atoms with E-state index in [2.05, 4.69) is 15.5 Å². The summed E-state index contributed by atoms with van der Waals surface area (Å²) in [6.45, 7) is 3.72. The SMILES string of the molecule is Cc1noc(C)c1CSc1ncccc1C(=O)Nc1ccc(F)cc1Cl. The number of hydrogen-bond donors (Lipinski definition) is 1. The highest BCUT2D eigenvalue weighted by Gasteiger charge is 2.16. The monoisotopic (exact) mass is 391 g/mol. The molecule has 0 aliphatic heterocycles. The zero-order chi connectivity index (χ0) is 18.7. The summed E-state index contributed by atoms with van der Waals surface area (Å²) < 4.78 is 18.3. The van der Waals surface area contributed by atoms with Crippen LogP contribution in [0.25, 0.3) is 0 Å². The predicted octanol–water partition coefficient (Wildman–Crippen LogP) is 5.02. The van der Waals surface area contributed by atoms with Crippen molar-refractivity contribution in [1.29, 1.82) is 0 Å². The maximum atomic E-state index is 13.1. The molecule has 0 saturated carbocycles. The van der Waals surface area contributed by atoms with Crippen LogP contribution in [-0.4, -0.2) is 16.0 Å². The van der Waals surface area contributed by atoms with Crippen LogP contribution < -0.4 is 5.32 Å². The van der Waals surface area contributed by atoms with Crippen LogP contribution in [0.2, 0.25) is 5.02 Å². The lowest BCUT2D eigenvalue weighted by molar-refractivity contribution is 0.102. The van der Waals surface area contributed by atoms with E-state index in [1.54, 1.807) is 18.3 Å². The summed E-state index contributed by atoms with van der Waals surface area (Å²) >= 11 is 7.39. The van der Waals surface area contributed by atoms with Gasteiger partial charge in [-0.2, -0.15) is 0 Å². The number of pyridine rings is 1. The third-order valence-corrected chi connectivity index (χ3v) is 5.07. The van der Waals surface area contributed by atoms with E-state index in [4.69, 9.17) is 16.1 Å². The number of amides is 1. The van der Waals surface area contributed by atoms with Crippen LogP contribution in [0.3, 0.4) is 0 Å². The molecular weight excluding hydrogens is 377 g/mol. The molecule has 8 heteroatoms. The van der Waals surface area contributed by atoms with Crippen molar-refractivity contribution in [3.63, 3.8) is 0 Å². The van der Waals surface area contributed by atoms with Crippen LogP contribution in [0.4, 0.5) is 10.1 Å². The van der Waals surface area contributed by atoms with Crippen LogP contribution >= 0.6 is 23.4 Å². The molecule has 0 saturated heterocycles. The number of rotatable bonds is 5. The van der Waals surface area contributed by atoms with Crippen molar-refractivity contribution < 1.29 is 13.7 Å². The van der Waals surface area contributed by atoms with Gasteiger partial charge in [-0.25, -0.2) is 9.37 Å². The smallest absolute Gasteiger partial charge is 0.258 e. The molecule has 3 aromatic rings. The largest absolute Gasteiger partial charge is 0.361 e. The summed E-state index contributed by atoms with van der Waals surface area (Å²) in [5.74, 6) is 0.489. The Labute approximate surface area is 158 Å². The average molecular weight is 392 g/mol. The third-order valence-electron chi connectivity index (χ3n) is 3.73. The second-order valence-electron chi connectivity index (χ2n) is 5.53. The molecule has 1 N–H and O–H groups in total. The van der Waals surface area contributed by atoms with Gasteiger partial charge in [-0.05, 0) is 44.2 Å². The fourth-order valence-corrected chi connectivity index (χ4v) is 3.67. The van der Waals surface area contributed by atoms with Gasteiger partial charge in [-0.15, -0.1) is 11.8 Å². The van der Waals surface area contributed by atoms with Crippen molar-refractivity contribution >= 4 is 35.0 Å². The summed E-state index contributed by atoms with van der Waals surface area (Å²) in [7, 11) is 0. The van der Waals surface area contributed by atoms with Crippen molar-refractivity contribution in [2.24, 2.45) is 0 Å². The maximum Gasteiger partial charge on any atom is 0.258 e. The molecule has 26 heavy (non-hydrogen) atoms. The number of carbonyl (C=O) groups excluding carboxylic acids is 1. The van der Waals surface area contributed by atoms with Gasteiger partial charge in [0.15, 0.2) is 0 Å². The molecule has 0 aliphatic rings. The zero-order valence-corrected chi connectivity index (χ0v) is 15.6. The molecule has 0 bridgehead atoms. The Morgan fingerprint density at radius 3 is 2.85 bits per heavy atom. The van der Waals surface area contributed by atoms with Crippen molar-refractivity contribution in [2.45, 2.75) is 24.6 Å². The normalized spacial score (nSPS) is 10.8. The first-order valence-corrected chi connectivity index (χ1v) is 9.08. The third kappa shape index (κ3) is 4.05. The molecular formula is C18H15ClFN3O2S. The van der Waals surface area contributed by atoms with Gasteiger partial charge in [0.05, 0.1) is 22.0 Å². The molecule has 2 heterocycles. The van der Waals surface area contributed by atoms with E-state index >= 15 is 0 Å². The molecule has 0 aliphatic carbocycles. The minimum atomic E-state index is -0.468. The molecule has 0 radical (unpaired) electrons. The Balaban J connectivity index is 1.79. The first kappa shape index (κ1) is 18.4. The molecule has 1 aromatic carbocycles. The highest BCUT2D eigenvalue weighted by molar-refractivity contribution is 7.98. The van der Waals surface area contributed by atoms with E-state index in [1.807, 2.05) is 13.8 Å². The maximum absolute atomic E-state index is 13.1. The number of anilines is 1. The molecule has 0 atom stereocenters. The molecule has 3 rings (SSSR count). The van der Waals surface area contributed by atoms with Crippen LogP contribution in [-0.2, 0) is 5.75 Å². The number of hydrogen-bond acceptors (Lipinski definition) is 5. The number of nitrogens with one attached hydrogen (secondary N) is 1. The Morgan fingerprint density at radius 1 is 1.35 bits per heavy atom. The average Bonchev–Trinajstić information content (AvgIpc) is 2.94. The van der Waals surface area contributed by atoms with Crippen molar-refractivity contribution in [3.8, 4) is 0 Å². The van der Waals surface area contributed by atoms with E-state index in [9.17, 15) is 9.18 Å². The topological polar surface area (TPSA) is 68.0 Å². The summed E-state index contributed by atoms with van der Waals surface area (Å²) in [4.78, 5) is 16.9. The van der Waals surface area contributed by atoms with E-state index in [0.29, 0.717) is 22.0 Å². The first-order valence-electron chi connectivity index (χ1n) is 7.71. The van der Waals surface area contributed by atoms with Crippen molar-refractivity contribution in [1.82, 2.24) is 10.1 Å². The van der Waals surface area contributed by atoms with Gasteiger partial charge in [-0.3, -0.25) is 4.79 Å². The summed E-state index contributed by atoms with van der Waals surface area (Å²) in [6, 6.07) is 7.16. The van der Waals surface area contributed by atoms with Crippen LogP contribution in [0.1, 0.15) is 27.4 Å². The molecule has 0 fully saturated rings. The second-order valence-corrected chi connectivity index (χ2v) is 6.90. The lowest BCUT2D eigenvalue weighted by atomic mass is 10.2. The van der Waals surface area contributed by atoms with Gasteiger partial charge >= 0.3 is 0 Å². The molecule has 134 valence electrons. The van der Waals surface area contributed by atoms with Gasteiger partial charge in [0.1, 0.15) is 16.6 Å². The second kappa shape index (κ2) is 7.88. The number of carbonyl (C=O) groups is 1. The molecule has 1 amide bonds. The minimum absolute atomic E-state index is 0.132. The van der Waals surface area contributed by atoms with Crippen LogP contribution in [0.5, 0.6) is 0 Å². The number of benzene rings is 1. The summed E-state index contributed by atoms with van der Waals surface area (Å²) in [6.07, 6.45) is 1.62. The van der Waals surface area contributed by atoms with E-state index < -0.39 is 5.82 Å². The molecule has 5 nitrogen and oxygen atoms in total. The van der Waals surface area contributed by atoms with Crippen LogP contribution in [0, 0.1) is 19.7 Å². The Morgan fingerprint density at radius 2 is 2.15 bits per heavy atom. The molecule has 0 spiro atoms. The number of aromatic nitrogens is 2. The number of aryl methyl sites for hydroxylation is 2. The number of thioether (sulfide) groups is 1. The zero-order valence-electron chi connectivity index (χ0n) is 14.0. The Kier molecular flexibility index (Phi) is 5.58. The standard InChI is InChI=1S/C18H15ClFN3O2S/c1-10-14(11(2)25-23-10)9-26-18-13(4-3-7-21-18)17(24)22-16-6-5-12(20)8-15(16)19/h3-8H,9H2,1-2H3,(H,22,24). The van der Waals surface area contributed by atoms with Crippen LogP contribution in [0.15, 0.2) is 46.1 Å². The Bertz CT molecular complexity index is 942. The van der Waals surface area contributed by atoms with Crippen molar-refractivity contribution in [3.05, 3.63) is 69.9 Å². The lowest BCUT2D eigenvalue weighted by Crippen LogP contribution is -2.14. The summed E-state index contributed by atoms with van der Waals surface area (Å²) in [5, 5.41) is 7.32. The Hall–Kier alpha value is -2.38. The van der Waals surface area contributed by atoms with Crippen molar-refractivity contribution in [2.75, 3.05) is 5.32 Å². The first-order chi connectivity index (χ1) is 12.5. The quantitative estimate of drug-likeness (QED) is 0.618. The fraction of sp³-hybridized carbons (Fsp3) is 0.167. The number of halogens is 2. The van der Waals surface area contributed by atoms with Gasteiger partial charge in [-0.1, -0.05) is 16.8 Å². The van der Waals surface area contributed by atoms with E-state index in [-0.39, 0.29) is 10.9 Å². The van der Waals surface area contributed by atoms with E-state index in [0.717, 1.165) is 23.1 Å².